The molecule has 2 rings (SSSR count). The molecular weight excluding hydrogens is 298 g/mol. The second-order valence-corrected chi connectivity index (χ2v) is 8.11. The van der Waals surface area contributed by atoms with Gasteiger partial charge in [-0.1, -0.05) is 12.1 Å². The molecule has 1 aliphatic rings. The summed E-state index contributed by atoms with van der Waals surface area (Å²) >= 11 is 0. The number of hydrogen-bond acceptors (Lipinski definition) is 3. The van der Waals surface area contributed by atoms with Crippen molar-refractivity contribution in [3.8, 4) is 0 Å². The fourth-order valence-corrected chi connectivity index (χ4v) is 3.08. The van der Waals surface area contributed by atoms with Crippen LogP contribution in [0.25, 0.3) is 0 Å². The van der Waals surface area contributed by atoms with Gasteiger partial charge in [0, 0.05) is 22.6 Å². The van der Waals surface area contributed by atoms with Gasteiger partial charge in [-0.3, -0.25) is 4.79 Å². The highest BCUT2D eigenvalue weighted by molar-refractivity contribution is 8.13. The molecule has 0 spiro atoms. The zero-order valence-electron chi connectivity index (χ0n) is 11.4. The minimum absolute atomic E-state index is 0.0202. The van der Waals surface area contributed by atoms with Gasteiger partial charge in [-0.2, -0.15) is 0 Å². The lowest BCUT2D eigenvalue weighted by Crippen LogP contribution is -2.50. The first-order valence-electron chi connectivity index (χ1n) is 6.63. The highest BCUT2D eigenvalue weighted by atomic mass is 35.7. The van der Waals surface area contributed by atoms with Crippen molar-refractivity contribution in [3.05, 3.63) is 29.8 Å². The quantitative estimate of drug-likeness (QED) is 0.850. The lowest BCUT2D eigenvalue weighted by Gasteiger charge is -2.39. The van der Waals surface area contributed by atoms with Crippen LogP contribution in [0.5, 0.6) is 0 Å². The highest BCUT2D eigenvalue weighted by Gasteiger charge is 2.32. The molecule has 0 heterocycles. The van der Waals surface area contributed by atoms with E-state index in [9.17, 15) is 13.2 Å². The number of rotatable bonds is 5. The van der Waals surface area contributed by atoms with Gasteiger partial charge < -0.3 is 5.32 Å². The summed E-state index contributed by atoms with van der Waals surface area (Å²) in [7, 11) is 1.56. The van der Waals surface area contributed by atoms with Gasteiger partial charge in [-0.25, -0.2) is 8.42 Å². The van der Waals surface area contributed by atoms with Crippen LogP contribution in [-0.2, 0) is 20.3 Å². The zero-order valence-corrected chi connectivity index (χ0v) is 12.9. The van der Waals surface area contributed by atoms with Gasteiger partial charge in [0.05, 0.1) is 4.90 Å². The molecule has 20 heavy (non-hydrogen) atoms. The number of carbonyl (C=O) groups excluding carboxylic acids is 1. The Balaban J connectivity index is 1.86. The van der Waals surface area contributed by atoms with Crippen molar-refractivity contribution < 1.29 is 13.2 Å². The predicted octanol–water partition coefficient (Wildman–Crippen LogP) is 2.61. The normalized spacial score (nSPS) is 17.3. The van der Waals surface area contributed by atoms with E-state index in [2.05, 4.69) is 12.2 Å². The molecule has 0 radical (unpaired) electrons. The average molecular weight is 316 g/mol. The van der Waals surface area contributed by atoms with Crippen LogP contribution in [0, 0.1) is 0 Å². The molecule has 1 fully saturated rings. The molecule has 4 nitrogen and oxygen atoms in total. The Morgan fingerprint density at radius 1 is 1.30 bits per heavy atom. The fourth-order valence-electron chi connectivity index (χ4n) is 2.31. The number of carbonyl (C=O) groups is 1. The van der Waals surface area contributed by atoms with Crippen LogP contribution < -0.4 is 5.32 Å². The van der Waals surface area contributed by atoms with E-state index in [0.717, 1.165) is 18.4 Å². The third-order valence-electron chi connectivity index (χ3n) is 3.74. The number of halogens is 1. The zero-order chi connectivity index (χ0) is 14.8. The molecule has 1 aliphatic carbocycles. The first kappa shape index (κ1) is 15.3. The number of amides is 1. The molecule has 1 aromatic carbocycles. The molecule has 0 aromatic heterocycles. The van der Waals surface area contributed by atoms with E-state index in [1.807, 2.05) is 0 Å². The molecule has 6 heteroatoms. The van der Waals surface area contributed by atoms with Crippen LogP contribution >= 0.6 is 10.7 Å². The Morgan fingerprint density at radius 2 is 1.90 bits per heavy atom. The average Bonchev–Trinajstić information content (AvgIpc) is 2.34. The van der Waals surface area contributed by atoms with E-state index in [1.165, 1.54) is 18.6 Å². The van der Waals surface area contributed by atoms with Gasteiger partial charge in [0.2, 0.25) is 5.91 Å². The summed E-state index contributed by atoms with van der Waals surface area (Å²) in [6, 6.07) is 6.30. The van der Waals surface area contributed by atoms with E-state index >= 15 is 0 Å². The van der Waals surface area contributed by atoms with Crippen LogP contribution in [0.3, 0.4) is 0 Å². The molecule has 110 valence electrons. The number of nitrogens with one attached hydrogen (secondary N) is 1. The SMILES string of the molecule is CC1(NC(=O)CCc2ccc(S(=O)(=O)Cl)cc2)CCC1. The standard InChI is InChI=1S/C14H18ClNO3S/c1-14(9-2-10-14)16-13(17)8-5-11-3-6-12(7-4-11)20(15,18)19/h3-4,6-7H,2,5,8-10H2,1H3,(H,16,17). The van der Waals surface area contributed by atoms with Crippen LogP contribution in [0.1, 0.15) is 38.2 Å². The summed E-state index contributed by atoms with van der Waals surface area (Å²) in [5, 5.41) is 3.04. The third kappa shape index (κ3) is 3.96. The summed E-state index contributed by atoms with van der Waals surface area (Å²) in [6.07, 6.45) is 4.25. The minimum atomic E-state index is -3.68. The topological polar surface area (TPSA) is 63.2 Å². The van der Waals surface area contributed by atoms with Crippen LogP contribution in [-0.4, -0.2) is 19.9 Å². The summed E-state index contributed by atoms with van der Waals surface area (Å²) in [6.45, 7) is 2.06. The van der Waals surface area contributed by atoms with Crippen molar-refractivity contribution in [3.63, 3.8) is 0 Å². The van der Waals surface area contributed by atoms with Crippen molar-refractivity contribution >= 4 is 25.6 Å². The summed E-state index contributed by atoms with van der Waals surface area (Å²) in [4.78, 5) is 11.9. The van der Waals surface area contributed by atoms with Crippen molar-refractivity contribution in [1.82, 2.24) is 5.32 Å². The maximum Gasteiger partial charge on any atom is 0.261 e. The third-order valence-corrected chi connectivity index (χ3v) is 5.11. The molecule has 1 amide bonds. The second-order valence-electron chi connectivity index (χ2n) is 5.54. The van der Waals surface area contributed by atoms with Gasteiger partial charge >= 0.3 is 0 Å². The van der Waals surface area contributed by atoms with Gasteiger partial charge in [-0.15, -0.1) is 0 Å². The Bertz CT molecular complexity index is 591. The molecule has 0 saturated heterocycles. The van der Waals surface area contributed by atoms with Crippen LogP contribution in [0.4, 0.5) is 0 Å². The molecular formula is C14H18ClNO3S. The summed E-state index contributed by atoms with van der Waals surface area (Å²) in [5.74, 6) is 0.0428. The number of benzene rings is 1. The molecule has 1 aromatic rings. The molecule has 1 N–H and O–H groups in total. The minimum Gasteiger partial charge on any atom is -0.351 e. The largest absolute Gasteiger partial charge is 0.351 e. The van der Waals surface area contributed by atoms with Crippen molar-refractivity contribution in [2.24, 2.45) is 0 Å². The van der Waals surface area contributed by atoms with Crippen molar-refractivity contribution in [2.45, 2.75) is 49.5 Å². The van der Waals surface area contributed by atoms with Gasteiger partial charge in [-0.05, 0) is 50.3 Å². The monoisotopic (exact) mass is 315 g/mol. The second kappa shape index (κ2) is 5.74. The maximum atomic E-state index is 11.8. The van der Waals surface area contributed by atoms with Crippen molar-refractivity contribution in [1.29, 1.82) is 0 Å². The lowest BCUT2D eigenvalue weighted by molar-refractivity contribution is -0.123. The van der Waals surface area contributed by atoms with Gasteiger partial charge in [0.15, 0.2) is 0 Å². The van der Waals surface area contributed by atoms with Gasteiger partial charge in [0.1, 0.15) is 0 Å². The van der Waals surface area contributed by atoms with Crippen molar-refractivity contribution in [2.75, 3.05) is 0 Å². The molecule has 0 atom stereocenters. The highest BCUT2D eigenvalue weighted by Crippen LogP contribution is 2.30. The smallest absolute Gasteiger partial charge is 0.261 e. The predicted molar refractivity (Wildman–Crippen MR) is 78.2 cm³/mol. The molecule has 0 unspecified atom stereocenters. The lowest BCUT2D eigenvalue weighted by atomic mass is 9.78. The van der Waals surface area contributed by atoms with E-state index in [0.29, 0.717) is 12.8 Å². The Hall–Kier alpha value is -1.07. The van der Waals surface area contributed by atoms with E-state index in [1.54, 1.807) is 12.1 Å². The van der Waals surface area contributed by atoms with E-state index < -0.39 is 9.05 Å². The molecule has 1 saturated carbocycles. The Morgan fingerprint density at radius 3 is 2.35 bits per heavy atom. The Labute approximate surface area is 123 Å². The first-order valence-corrected chi connectivity index (χ1v) is 8.94. The summed E-state index contributed by atoms with van der Waals surface area (Å²) in [5.41, 5.74) is 0.899. The molecule has 0 aliphatic heterocycles. The van der Waals surface area contributed by atoms with E-state index in [4.69, 9.17) is 10.7 Å². The van der Waals surface area contributed by atoms with Gasteiger partial charge in [0.25, 0.3) is 9.05 Å². The summed E-state index contributed by atoms with van der Waals surface area (Å²) < 4.78 is 22.2. The fraction of sp³-hybridized carbons (Fsp3) is 0.500. The molecule has 0 bridgehead atoms. The van der Waals surface area contributed by atoms with Crippen LogP contribution in [0.15, 0.2) is 29.2 Å². The first-order chi connectivity index (χ1) is 9.28. The van der Waals surface area contributed by atoms with E-state index in [-0.39, 0.29) is 16.3 Å². The maximum absolute atomic E-state index is 11.8. The van der Waals surface area contributed by atoms with Crippen LogP contribution in [0.2, 0.25) is 0 Å². The Kier molecular flexibility index (Phi) is 4.39. The number of aryl methyl sites for hydroxylation is 1. The number of hydrogen-bond donors (Lipinski definition) is 1.